The van der Waals surface area contributed by atoms with Gasteiger partial charge in [0.25, 0.3) is 0 Å². The fraction of sp³-hybridized carbons (Fsp3) is 0.185. The third kappa shape index (κ3) is 5.14. The van der Waals surface area contributed by atoms with Gasteiger partial charge in [-0.2, -0.15) is 13.2 Å². The maximum absolute atomic E-state index is 13.3. The highest BCUT2D eigenvalue weighted by Gasteiger charge is 2.31. The van der Waals surface area contributed by atoms with Gasteiger partial charge in [-0.1, -0.05) is 24.1 Å². The molecule has 8 heteroatoms. The largest absolute Gasteiger partial charge is 0.493 e. The molecule has 4 rings (SSSR count). The minimum absolute atomic E-state index is 0.146. The number of hydrogen-bond acceptors (Lipinski definition) is 5. The van der Waals surface area contributed by atoms with E-state index in [1.54, 1.807) is 18.2 Å². The average Bonchev–Trinajstić information content (AvgIpc) is 2.87. The molecule has 0 aliphatic carbocycles. The van der Waals surface area contributed by atoms with Gasteiger partial charge in [0.2, 0.25) is 0 Å². The van der Waals surface area contributed by atoms with Gasteiger partial charge in [-0.25, -0.2) is 9.97 Å². The molecule has 0 amide bonds. The van der Waals surface area contributed by atoms with E-state index in [4.69, 9.17) is 20.9 Å². The Balaban J connectivity index is 1.90. The number of halogens is 3. The molecule has 178 valence electrons. The van der Waals surface area contributed by atoms with E-state index in [9.17, 15) is 13.2 Å². The van der Waals surface area contributed by atoms with Crippen molar-refractivity contribution in [3.05, 3.63) is 78.0 Å². The molecule has 0 spiro atoms. The van der Waals surface area contributed by atoms with Crippen molar-refractivity contribution >= 4 is 16.7 Å². The molecule has 0 fully saturated rings. The van der Waals surface area contributed by atoms with Crippen LogP contribution in [0.1, 0.15) is 11.3 Å². The lowest BCUT2D eigenvalue weighted by Gasteiger charge is -2.23. The summed E-state index contributed by atoms with van der Waals surface area (Å²) in [6.07, 6.45) is 1.13. The van der Waals surface area contributed by atoms with Crippen LogP contribution in [0, 0.1) is 12.3 Å². The first-order valence-corrected chi connectivity index (χ1v) is 10.7. The number of fused-ring (bicyclic) bond motifs is 1. The number of nitrogens with zero attached hydrogens (tertiary/aromatic N) is 3. The summed E-state index contributed by atoms with van der Waals surface area (Å²) < 4.78 is 50.8. The molecule has 0 radical (unpaired) electrons. The molecule has 0 unspecified atom stereocenters. The number of alkyl halides is 3. The number of ether oxygens (including phenoxy) is 2. The zero-order valence-electron chi connectivity index (χ0n) is 19.1. The SMILES string of the molecule is C#CCN(Cc1nc2cc(C(F)(F)F)ccc2nc1-c1ccc(OC)c(OC)c1)c1ccccc1. The molecule has 0 aliphatic heterocycles. The van der Waals surface area contributed by atoms with Crippen molar-refractivity contribution in [1.82, 2.24) is 9.97 Å². The van der Waals surface area contributed by atoms with Gasteiger partial charge >= 0.3 is 6.18 Å². The third-order valence-electron chi connectivity index (χ3n) is 5.46. The second-order valence-corrected chi connectivity index (χ2v) is 7.69. The molecule has 5 nitrogen and oxygen atoms in total. The highest BCUT2D eigenvalue weighted by atomic mass is 19.4. The van der Waals surface area contributed by atoms with Crippen molar-refractivity contribution in [1.29, 1.82) is 0 Å². The first-order valence-electron chi connectivity index (χ1n) is 10.7. The fourth-order valence-corrected chi connectivity index (χ4v) is 3.76. The summed E-state index contributed by atoms with van der Waals surface area (Å²) in [5, 5.41) is 0. The summed E-state index contributed by atoms with van der Waals surface area (Å²) >= 11 is 0. The summed E-state index contributed by atoms with van der Waals surface area (Å²) in [7, 11) is 3.06. The minimum atomic E-state index is -4.49. The van der Waals surface area contributed by atoms with Crippen molar-refractivity contribution in [2.75, 3.05) is 25.7 Å². The topological polar surface area (TPSA) is 47.5 Å². The quantitative estimate of drug-likeness (QED) is 0.307. The third-order valence-corrected chi connectivity index (χ3v) is 5.46. The van der Waals surface area contributed by atoms with E-state index in [1.807, 2.05) is 35.2 Å². The predicted octanol–water partition coefficient (Wildman–Crippen LogP) is 5.97. The molecule has 1 heterocycles. The van der Waals surface area contributed by atoms with Crippen LogP contribution in [0.2, 0.25) is 0 Å². The number of para-hydroxylation sites is 1. The Morgan fingerprint density at radius 1 is 0.886 bits per heavy atom. The lowest BCUT2D eigenvalue weighted by atomic mass is 10.1. The number of rotatable bonds is 7. The highest BCUT2D eigenvalue weighted by Crippen LogP contribution is 2.35. The van der Waals surface area contributed by atoms with E-state index in [-0.39, 0.29) is 18.6 Å². The van der Waals surface area contributed by atoms with Crippen LogP contribution in [0.4, 0.5) is 18.9 Å². The highest BCUT2D eigenvalue weighted by molar-refractivity contribution is 5.80. The number of aromatic nitrogens is 2. The minimum Gasteiger partial charge on any atom is -0.493 e. The number of anilines is 1. The second-order valence-electron chi connectivity index (χ2n) is 7.69. The Labute approximate surface area is 201 Å². The molecule has 0 saturated carbocycles. The molecule has 0 N–H and O–H groups in total. The molecule has 1 aromatic heterocycles. The zero-order chi connectivity index (χ0) is 25.0. The maximum Gasteiger partial charge on any atom is 0.416 e. The smallest absolute Gasteiger partial charge is 0.416 e. The molecular weight excluding hydrogens is 455 g/mol. The molecule has 0 bridgehead atoms. The van der Waals surface area contributed by atoms with Gasteiger partial charge in [0.15, 0.2) is 11.5 Å². The summed E-state index contributed by atoms with van der Waals surface area (Å²) in [6, 6.07) is 18.1. The van der Waals surface area contributed by atoms with E-state index in [0.29, 0.717) is 34.0 Å². The van der Waals surface area contributed by atoms with E-state index < -0.39 is 11.7 Å². The number of hydrogen-bond donors (Lipinski definition) is 0. The lowest BCUT2D eigenvalue weighted by molar-refractivity contribution is -0.137. The molecule has 4 aromatic rings. The second kappa shape index (κ2) is 9.94. The number of benzene rings is 3. The van der Waals surface area contributed by atoms with E-state index in [1.165, 1.54) is 20.3 Å². The number of terminal acetylenes is 1. The Kier molecular flexibility index (Phi) is 6.78. The Hall–Kier alpha value is -4.25. The normalized spacial score (nSPS) is 11.2. The van der Waals surface area contributed by atoms with Crippen LogP contribution in [0.15, 0.2) is 66.7 Å². The first kappa shape index (κ1) is 23.9. The van der Waals surface area contributed by atoms with Crippen LogP contribution in [0.25, 0.3) is 22.3 Å². The lowest BCUT2D eigenvalue weighted by Crippen LogP contribution is -2.24. The Morgan fingerprint density at radius 3 is 2.29 bits per heavy atom. The van der Waals surface area contributed by atoms with Gasteiger partial charge in [-0.3, -0.25) is 0 Å². The zero-order valence-corrected chi connectivity index (χ0v) is 19.1. The van der Waals surface area contributed by atoms with Crippen molar-refractivity contribution in [3.8, 4) is 35.1 Å². The molecule has 3 aromatic carbocycles. The van der Waals surface area contributed by atoms with Crippen molar-refractivity contribution in [2.45, 2.75) is 12.7 Å². The van der Waals surface area contributed by atoms with E-state index >= 15 is 0 Å². The standard InChI is InChI=1S/C27H22F3N3O2/c1-4-14-33(20-8-6-5-7-9-20)17-23-26(18-10-13-24(34-2)25(15-18)35-3)32-21-12-11-19(27(28,29)30)16-22(21)31-23/h1,5-13,15-16H,14,17H2,2-3H3. The van der Waals surface area contributed by atoms with E-state index in [0.717, 1.165) is 17.8 Å². The van der Waals surface area contributed by atoms with Gasteiger partial charge in [-0.15, -0.1) is 6.42 Å². The molecular formula is C27H22F3N3O2. The Morgan fingerprint density at radius 2 is 1.63 bits per heavy atom. The summed E-state index contributed by atoms with van der Waals surface area (Å²) in [5.41, 5.74) is 2.23. The van der Waals surface area contributed by atoms with Gasteiger partial charge in [0.05, 0.1) is 55.3 Å². The van der Waals surface area contributed by atoms with Crippen molar-refractivity contribution in [3.63, 3.8) is 0 Å². The first-order chi connectivity index (χ1) is 16.8. The van der Waals surface area contributed by atoms with Crippen LogP contribution in [0.5, 0.6) is 11.5 Å². The van der Waals surface area contributed by atoms with E-state index in [2.05, 4.69) is 10.9 Å². The molecule has 35 heavy (non-hydrogen) atoms. The molecule has 0 atom stereocenters. The predicted molar refractivity (Wildman–Crippen MR) is 129 cm³/mol. The van der Waals surface area contributed by atoms with Crippen LogP contribution in [-0.2, 0) is 12.7 Å². The molecule has 0 aliphatic rings. The fourth-order valence-electron chi connectivity index (χ4n) is 3.76. The van der Waals surface area contributed by atoms with Crippen molar-refractivity contribution < 1.29 is 22.6 Å². The van der Waals surface area contributed by atoms with Gasteiger partial charge in [-0.05, 0) is 48.5 Å². The molecule has 0 saturated heterocycles. The van der Waals surface area contributed by atoms with Crippen LogP contribution >= 0.6 is 0 Å². The van der Waals surface area contributed by atoms with Gasteiger partial charge in [0, 0.05) is 11.3 Å². The average molecular weight is 477 g/mol. The summed E-state index contributed by atoms with van der Waals surface area (Å²) in [4.78, 5) is 11.2. The van der Waals surface area contributed by atoms with Gasteiger partial charge in [0.1, 0.15) is 0 Å². The van der Waals surface area contributed by atoms with Crippen molar-refractivity contribution in [2.24, 2.45) is 0 Å². The number of methoxy groups -OCH3 is 2. The van der Waals surface area contributed by atoms with Crippen LogP contribution in [0.3, 0.4) is 0 Å². The Bertz CT molecular complexity index is 1380. The maximum atomic E-state index is 13.3. The monoisotopic (exact) mass is 477 g/mol. The van der Waals surface area contributed by atoms with Gasteiger partial charge < -0.3 is 14.4 Å². The summed E-state index contributed by atoms with van der Waals surface area (Å²) in [6.45, 7) is 0.509. The van der Waals surface area contributed by atoms with Crippen LogP contribution in [-0.4, -0.2) is 30.7 Å². The summed E-state index contributed by atoms with van der Waals surface area (Å²) in [5.74, 6) is 3.67. The van der Waals surface area contributed by atoms with Crippen LogP contribution < -0.4 is 14.4 Å².